The summed E-state index contributed by atoms with van der Waals surface area (Å²) in [7, 11) is 1.24. The van der Waals surface area contributed by atoms with Crippen LogP contribution in [0.5, 0.6) is 0 Å². The van der Waals surface area contributed by atoms with Gasteiger partial charge in [0.2, 0.25) is 5.91 Å². The van der Waals surface area contributed by atoms with Gasteiger partial charge in [-0.15, -0.1) is 0 Å². The van der Waals surface area contributed by atoms with Crippen LogP contribution in [0.2, 0.25) is 0 Å². The molecule has 388 valence electrons. The van der Waals surface area contributed by atoms with Gasteiger partial charge in [0.05, 0.1) is 39.9 Å². The Morgan fingerprint density at radius 1 is 0.537 bits per heavy atom. The Morgan fingerprint density at radius 3 is 1.33 bits per heavy atom. The zero-order valence-corrected chi connectivity index (χ0v) is 45.0. The number of carbonyl (C=O) groups is 1. The number of amides is 1. The average molecular weight is 957 g/mol. The van der Waals surface area contributed by atoms with Gasteiger partial charge in [0.25, 0.3) is 7.82 Å². The molecular formula is C58H105N2O6P. The minimum absolute atomic E-state index is 0.00827. The Labute approximate surface area is 414 Å². The van der Waals surface area contributed by atoms with Crippen molar-refractivity contribution in [3.8, 4) is 0 Å². The number of aliphatic hydroxyl groups excluding tert-OH is 1. The molecule has 0 aliphatic carbocycles. The standard InChI is InChI=1S/C58H105N2O6P/c1-6-8-10-12-14-16-18-20-22-24-26-28-29-30-31-32-34-36-38-40-42-44-46-48-50-52-58(62)59-56(55-66-67(63,64)65-54-53-60(3,4)5)57(61)51-49-47-45-43-41-39-37-35-33-27-25-23-21-19-17-15-13-11-9-7-2/h8,10,14,16,20,22,26,28,30-31,34,36,49,51,56-57,61H,6-7,9,11-13,15,17-19,21,23-25,27,29,32-33,35,37-48,50,52-55H2,1-5H3,(H-,59,62,63,64)/b10-8-,16-14-,22-20-,28-26-,31-30-,36-34-,51-49+. The lowest BCUT2D eigenvalue weighted by Crippen LogP contribution is -2.45. The topological polar surface area (TPSA) is 108 Å². The van der Waals surface area contributed by atoms with Crippen LogP contribution in [0.15, 0.2) is 85.1 Å². The maximum absolute atomic E-state index is 12.9. The van der Waals surface area contributed by atoms with Crippen molar-refractivity contribution in [1.29, 1.82) is 0 Å². The van der Waals surface area contributed by atoms with E-state index in [4.69, 9.17) is 9.05 Å². The van der Waals surface area contributed by atoms with Gasteiger partial charge in [0.1, 0.15) is 13.2 Å². The zero-order chi connectivity index (χ0) is 49.2. The number of hydrogen-bond donors (Lipinski definition) is 2. The normalized spacial score (nSPS) is 14.7. The van der Waals surface area contributed by atoms with Crippen molar-refractivity contribution in [2.45, 2.75) is 238 Å². The highest BCUT2D eigenvalue weighted by atomic mass is 31.2. The molecule has 8 nitrogen and oxygen atoms in total. The van der Waals surface area contributed by atoms with Crippen molar-refractivity contribution >= 4 is 13.7 Å². The van der Waals surface area contributed by atoms with E-state index in [-0.39, 0.29) is 12.5 Å². The minimum Gasteiger partial charge on any atom is -0.756 e. The summed E-state index contributed by atoms with van der Waals surface area (Å²) in [6.07, 6.45) is 67.8. The second kappa shape index (κ2) is 48.7. The van der Waals surface area contributed by atoms with Crippen molar-refractivity contribution in [3.63, 3.8) is 0 Å². The van der Waals surface area contributed by atoms with Crippen LogP contribution < -0.4 is 10.2 Å². The van der Waals surface area contributed by atoms with Crippen LogP contribution in [0.4, 0.5) is 0 Å². The Balaban J connectivity index is 4.33. The molecule has 0 heterocycles. The molecule has 3 atom stereocenters. The Kier molecular flexibility index (Phi) is 47.0. The number of phosphoric ester groups is 1. The summed E-state index contributed by atoms with van der Waals surface area (Å²) in [6, 6.07) is -0.901. The fourth-order valence-corrected chi connectivity index (χ4v) is 8.29. The molecule has 0 spiro atoms. The van der Waals surface area contributed by atoms with Gasteiger partial charge in [-0.3, -0.25) is 9.36 Å². The van der Waals surface area contributed by atoms with Crippen molar-refractivity contribution in [2.24, 2.45) is 0 Å². The van der Waals surface area contributed by atoms with E-state index in [2.05, 4.69) is 92.1 Å². The molecule has 0 rings (SSSR count). The number of carbonyl (C=O) groups excluding carboxylic acids is 1. The second-order valence-electron chi connectivity index (χ2n) is 19.6. The fraction of sp³-hybridized carbons (Fsp3) is 0.741. The first-order valence-corrected chi connectivity index (χ1v) is 28.9. The minimum atomic E-state index is -4.61. The highest BCUT2D eigenvalue weighted by Gasteiger charge is 2.23. The largest absolute Gasteiger partial charge is 0.756 e. The van der Waals surface area contributed by atoms with Gasteiger partial charge in [-0.1, -0.05) is 234 Å². The molecule has 0 aromatic carbocycles. The van der Waals surface area contributed by atoms with Gasteiger partial charge >= 0.3 is 0 Å². The Bertz CT molecular complexity index is 1360. The van der Waals surface area contributed by atoms with E-state index in [1.165, 1.54) is 109 Å². The first-order valence-electron chi connectivity index (χ1n) is 27.4. The van der Waals surface area contributed by atoms with E-state index in [0.29, 0.717) is 17.4 Å². The predicted octanol–water partition coefficient (Wildman–Crippen LogP) is 15.8. The third kappa shape index (κ3) is 51.4. The molecule has 0 radical (unpaired) electrons. The van der Waals surface area contributed by atoms with Crippen LogP contribution >= 0.6 is 7.82 Å². The maximum Gasteiger partial charge on any atom is 0.268 e. The second-order valence-corrected chi connectivity index (χ2v) is 21.0. The number of aliphatic hydroxyl groups is 1. The average Bonchev–Trinajstić information content (AvgIpc) is 3.29. The smallest absolute Gasteiger partial charge is 0.268 e. The van der Waals surface area contributed by atoms with E-state index in [1.54, 1.807) is 6.08 Å². The number of rotatable bonds is 49. The first-order chi connectivity index (χ1) is 32.5. The zero-order valence-electron chi connectivity index (χ0n) is 44.1. The van der Waals surface area contributed by atoms with Crippen LogP contribution in [0, 0.1) is 0 Å². The molecule has 0 saturated heterocycles. The monoisotopic (exact) mass is 957 g/mol. The maximum atomic E-state index is 12.9. The molecule has 2 N–H and O–H groups in total. The number of hydrogen-bond acceptors (Lipinski definition) is 6. The lowest BCUT2D eigenvalue weighted by molar-refractivity contribution is -0.870. The summed E-state index contributed by atoms with van der Waals surface area (Å²) in [5.74, 6) is -0.214. The molecule has 3 unspecified atom stereocenters. The van der Waals surface area contributed by atoms with Crippen LogP contribution in [-0.4, -0.2) is 68.5 Å². The molecule has 0 bridgehead atoms. The van der Waals surface area contributed by atoms with E-state index >= 15 is 0 Å². The number of allylic oxidation sites excluding steroid dienone is 13. The van der Waals surface area contributed by atoms with Crippen molar-refractivity contribution in [2.75, 3.05) is 40.9 Å². The third-order valence-electron chi connectivity index (χ3n) is 11.9. The van der Waals surface area contributed by atoms with Gasteiger partial charge in [-0.2, -0.15) is 0 Å². The molecule has 0 aromatic heterocycles. The lowest BCUT2D eigenvalue weighted by atomic mass is 10.0. The molecule has 0 aromatic rings. The SMILES string of the molecule is CC/C=C\C/C=C\C/C=C\C/C=C\C/C=C\C/C=C\CCCCCCCCC(=O)NC(COP(=O)([O-])OCC[N+](C)(C)C)C(O)/C=C/CCCCCCCCCCCCCCCCCCCC. The van der Waals surface area contributed by atoms with Crippen molar-refractivity contribution in [1.82, 2.24) is 5.32 Å². The quantitative estimate of drug-likeness (QED) is 0.0272. The van der Waals surface area contributed by atoms with E-state index in [9.17, 15) is 19.4 Å². The molecule has 67 heavy (non-hydrogen) atoms. The van der Waals surface area contributed by atoms with Crippen molar-refractivity contribution in [3.05, 3.63) is 85.1 Å². The number of nitrogens with zero attached hydrogens (tertiary/aromatic N) is 1. The van der Waals surface area contributed by atoms with Gasteiger partial charge < -0.3 is 28.8 Å². The van der Waals surface area contributed by atoms with E-state index in [1.807, 2.05) is 27.2 Å². The van der Waals surface area contributed by atoms with Gasteiger partial charge in [-0.25, -0.2) is 0 Å². The highest BCUT2D eigenvalue weighted by Crippen LogP contribution is 2.38. The van der Waals surface area contributed by atoms with Crippen LogP contribution in [0.1, 0.15) is 226 Å². The predicted molar refractivity (Wildman–Crippen MR) is 288 cm³/mol. The summed E-state index contributed by atoms with van der Waals surface area (Å²) < 4.78 is 23.3. The summed E-state index contributed by atoms with van der Waals surface area (Å²) in [6.45, 7) is 4.53. The Morgan fingerprint density at radius 2 is 0.910 bits per heavy atom. The fourth-order valence-electron chi connectivity index (χ4n) is 7.57. The third-order valence-corrected chi connectivity index (χ3v) is 12.8. The van der Waals surface area contributed by atoms with Crippen LogP contribution in [0.25, 0.3) is 0 Å². The summed E-state index contributed by atoms with van der Waals surface area (Å²) in [5.41, 5.74) is 0. The number of likely N-dealkylation sites (N-methyl/N-ethyl adjacent to an activating group) is 1. The Hall–Kier alpha value is -2.32. The van der Waals surface area contributed by atoms with Gasteiger partial charge in [-0.05, 0) is 70.6 Å². The lowest BCUT2D eigenvalue weighted by Gasteiger charge is -2.29. The summed E-state index contributed by atoms with van der Waals surface area (Å²) in [5, 5.41) is 13.9. The van der Waals surface area contributed by atoms with Gasteiger partial charge in [0, 0.05) is 6.42 Å². The van der Waals surface area contributed by atoms with Crippen LogP contribution in [0.3, 0.4) is 0 Å². The molecule has 1 amide bonds. The molecule has 9 heteroatoms. The molecule has 0 saturated carbocycles. The van der Waals surface area contributed by atoms with E-state index < -0.39 is 26.6 Å². The number of phosphoric acid groups is 1. The molecule has 0 fully saturated rings. The number of nitrogens with one attached hydrogen (secondary N) is 1. The highest BCUT2D eigenvalue weighted by molar-refractivity contribution is 7.45. The van der Waals surface area contributed by atoms with Gasteiger partial charge in [0.15, 0.2) is 0 Å². The molecule has 0 aliphatic heterocycles. The summed E-state index contributed by atoms with van der Waals surface area (Å²) >= 11 is 0. The van der Waals surface area contributed by atoms with Crippen molar-refractivity contribution < 1.29 is 32.9 Å². The number of unbranched alkanes of at least 4 members (excludes halogenated alkanes) is 24. The van der Waals surface area contributed by atoms with E-state index in [0.717, 1.165) is 96.3 Å². The molecule has 0 aliphatic rings. The van der Waals surface area contributed by atoms with Crippen LogP contribution in [-0.2, 0) is 18.4 Å². The summed E-state index contributed by atoms with van der Waals surface area (Å²) in [4.78, 5) is 25.5. The first kappa shape index (κ1) is 64.7. The number of quaternary nitrogens is 1. The molecular weight excluding hydrogens is 852 g/mol.